The molecule has 0 saturated heterocycles. The Hall–Kier alpha value is -0.890. The smallest absolute Gasteiger partial charge is 0.165 e. The highest BCUT2D eigenvalue weighted by Gasteiger charge is 2.18. The molecule has 0 saturated carbocycles. The molecule has 0 heterocycles. The third-order valence-corrected chi connectivity index (χ3v) is 3.21. The van der Waals surface area contributed by atoms with E-state index in [1.54, 1.807) is 0 Å². The summed E-state index contributed by atoms with van der Waals surface area (Å²) in [6.07, 6.45) is 0.920. The first-order chi connectivity index (χ1) is 7.41. The van der Waals surface area contributed by atoms with E-state index in [-0.39, 0.29) is 5.41 Å². The summed E-state index contributed by atoms with van der Waals surface area (Å²) in [5.74, 6) is 0. The summed E-state index contributed by atoms with van der Waals surface area (Å²) in [5.41, 5.74) is 2.60. The SMILES string of the molecule is Cc1ccccc1CCOC(=S)C(C)(C)C. The van der Waals surface area contributed by atoms with Crippen LogP contribution >= 0.6 is 12.2 Å². The van der Waals surface area contributed by atoms with E-state index in [4.69, 9.17) is 17.0 Å². The Balaban J connectivity index is 2.43. The van der Waals surface area contributed by atoms with E-state index in [1.807, 2.05) is 0 Å². The number of thiocarbonyl (C=S) groups is 1. The maximum Gasteiger partial charge on any atom is 0.165 e. The van der Waals surface area contributed by atoms with Crippen LogP contribution in [0.3, 0.4) is 0 Å². The lowest BCUT2D eigenvalue weighted by Crippen LogP contribution is -2.22. The van der Waals surface area contributed by atoms with Gasteiger partial charge in [-0.05, 0) is 30.3 Å². The largest absolute Gasteiger partial charge is 0.486 e. The van der Waals surface area contributed by atoms with Crippen molar-refractivity contribution in [1.82, 2.24) is 0 Å². The van der Waals surface area contributed by atoms with Gasteiger partial charge in [0, 0.05) is 11.8 Å². The minimum atomic E-state index is -0.0406. The van der Waals surface area contributed by atoms with Gasteiger partial charge in [0.1, 0.15) is 0 Å². The molecule has 0 atom stereocenters. The quantitative estimate of drug-likeness (QED) is 0.735. The highest BCUT2D eigenvalue weighted by atomic mass is 32.1. The number of hydrogen-bond acceptors (Lipinski definition) is 2. The van der Waals surface area contributed by atoms with Gasteiger partial charge in [-0.1, -0.05) is 45.0 Å². The Kier molecular flexibility index (Phi) is 4.48. The van der Waals surface area contributed by atoms with Crippen molar-refractivity contribution < 1.29 is 4.74 Å². The number of rotatable bonds is 3. The van der Waals surface area contributed by atoms with E-state index in [0.717, 1.165) is 6.42 Å². The monoisotopic (exact) mass is 236 g/mol. The molecule has 0 radical (unpaired) electrons. The molecular weight excluding hydrogens is 216 g/mol. The lowest BCUT2D eigenvalue weighted by molar-refractivity contribution is 0.277. The molecule has 1 aromatic carbocycles. The Morgan fingerprint density at radius 1 is 1.25 bits per heavy atom. The molecule has 0 bridgehead atoms. The van der Waals surface area contributed by atoms with Crippen LogP contribution in [0, 0.1) is 12.3 Å². The topological polar surface area (TPSA) is 9.23 Å². The molecule has 16 heavy (non-hydrogen) atoms. The predicted octanol–water partition coefficient (Wildman–Crippen LogP) is 3.93. The highest BCUT2D eigenvalue weighted by molar-refractivity contribution is 7.80. The normalized spacial score (nSPS) is 11.2. The molecule has 0 fully saturated rings. The van der Waals surface area contributed by atoms with Gasteiger partial charge in [-0.3, -0.25) is 0 Å². The minimum Gasteiger partial charge on any atom is -0.486 e. The molecule has 0 amide bonds. The Morgan fingerprint density at radius 3 is 2.44 bits per heavy atom. The number of ether oxygens (including phenoxy) is 1. The van der Waals surface area contributed by atoms with Gasteiger partial charge in [-0.25, -0.2) is 0 Å². The molecule has 1 rings (SSSR count). The first-order valence-corrected chi connectivity index (χ1v) is 6.04. The number of hydrogen-bond donors (Lipinski definition) is 0. The van der Waals surface area contributed by atoms with Gasteiger partial charge < -0.3 is 4.74 Å². The van der Waals surface area contributed by atoms with Crippen LogP contribution in [0.1, 0.15) is 31.9 Å². The van der Waals surface area contributed by atoms with E-state index in [1.165, 1.54) is 11.1 Å². The maximum atomic E-state index is 5.60. The summed E-state index contributed by atoms with van der Waals surface area (Å²) < 4.78 is 5.60. The molecule has 0 N–H and O–H groups in total. The fraction of sp³-hybridized carbons (Fsp3) is 0.500. The lowest BCUT2D eigenvalue weighted by Gasteiger charge is -2.20. The van der Waals surface area contributed by atoms with Crippen molar-refractivity contribution in [2.75, 3.05) is 6.61 Å². The standard InChI is InChI=1S/C14H20OS/c1-11-7-5-6-8-12(11)9-10-15-13(16)14(2,3)4/h5-8H,9-10H2,1-4H3. The molecule has 0 spiro atoms. The van der Waals surface area contributed by atoms with E-state index in [0.29, 0.717) is 11.7 Å². The van der Waals surface area contributed by atoms with Crippen molar-refractivity contribution in [3.8, 4) is 0 Å². The Morgan fingerprint density at radius 2 is 1.88 bits per heavy atom. The molecule has 0 aliphatic carbocycles. The second-order valence-corrected chi connectivity index (χ2v) is 5.43. The molecule has 2 heteroatoms. The van der Waals surface area contributed by atoms with Crippen molar-refractivity contribution in [2.45, 2.75) is 34.1 Å². The van der Waals surface area contributed by atoms with Crippen LogP contribution in [0.15, 0.2) is 24.3 Å². The van der Waals surface area contributed by atoms with Crippen LogP contribution in [0.25, 0.3) is 0 Å². The molecule has 0 aromatic heterocycles. The van der Waals surface area contributed by atoms with Gasteiger partial charge in [0.15, 0.2) is 5.05 Å². The molecule has 0 aliphatic heterocycles. The highest BCUT2D eigenvalue weighted by Crippen LogP contribution is 2.17. The Bertz CT molecular complexity index is 363. The van der Waals surface area contributed by atoms with Crippen molar-refractivity contribution in [2.24, 2.45) is 5.41 Å². The molecule has 1 nitrogen and oxygen atoms in total. The molecule has 88 valence electrons. The fourth-order valence-corrected chi connectivity index (χ4v) is 1.44. The molecule has 0 unspecified atom stereocenters. The van der Waals surface area contributed by atoms with Crippen LogP contribution in [0.2, 0.25) is 0 Å². The van der Waals surface area contributed by atoms with E-state index >= 15 is 0 Å². The zero-order valence-corrected chi connectivity index (χ0v) is 11.4. The van der Waals surface area contributed by atoms with Gasteiger partial charge in [0.2, 0.25) is 0 Å². The number of benzene rings is 1. The average Bonchev–Trinajstić information content (AvgIpc) is 2.19. The lowest BCUT2D eigenvalue weighted by atomic mass is 9.98. The van der Waals surface area contributed by atoms with Crippen LogP contribution in [-0.4, -0.2) is 11.7 Å². The summed E-state index contributed by atoms with van der Waals surface area (Å²) in [6.45, 7) is 9.01. The van der Waals surface area contributed by atoms with Crippen LogP contribution < -0.4 is 0 Å². The van der Waals surface area contributed by atoms with E-state index in [9.17, 15) is 0 Å². The summed E-state index contributed by atoms with van der Waals surface area (Å²) in [5, 5.41) is 0.695. The van der Waals surface area contributed by atoms with E-state index < -0.39 is 0 Å². The van der Waals surface area contributed by atoms with Crippen LogP contribution in [-0.2, 0) is 11.2 Å². The van der Waals surface area contributed by atoms with Crippen LogP contribution in [0.5, 0.6) is 0 Å². The molecular formula is C14H20OS. The van der Waals surface area contributed by atoms with Gasteiger partial charge >= 0.3 is 0 Å². The second-order valence-electron chi connectivity index (χ2n) is 5.06. The third-order valence-electron chi connectivity index (χ3n) is 2.48. The molecule has 1 aromatic rings. The maximum absolute atomic E-state index is 5.60. The van der Waals surface area contributed by atoms with Crippen molar-refractivity contribution in [1.29, 1.82) is 0 Å². The third kappa shape index (κ3) is 3.93. The van der Waals surface area contributed by atoms with Crippen molar-refractivity contribution >= 4 is 17.3 Å². The van der Waals surface area contributed by atoms with Gasteiger partial charge in [-0.15, -0.1) is 0 Å². The average molecular weight is 236 g/mol. The van der Waals surface area contributed by atoms with Gasteiger partial charge in [0.25, 0.3) is 0 Å². The molecule has 0 aliphatic rings. The summed E-state index contributed by atoms with van der Waals surface area (Å²) in [6, 6.07) is 8.38. The number of aryl methyl sites for hydroxylation is 1. The fourth-order valence-electron chi connectivity index (χ4n) is 1.36. The van der Waals surface area contributed by atoms with Crippen molar-refractivity contribution in [3.05, 3.63) is 35.4 Å². The summed E-state index contributed by atoms with van der Waals surface area (Å²) in [4.78, 5) is 0. The Labute approximate surface area is 104 Å². The first kappa shape index (κ1) is 13.2. The van der Waals surface area contributed by atoms with Crippen LogP contribution in [0.4, 0.5) is 0 Å². The van der Waals surface area contributed by atoms with E-state index in [2.05, 4.69) is 52.0 Å². The zero-order chi connectivity index (χ0) is 12.2. The minimum absolute atomic E-state index is 0.0406. The predicted molar refractivity (Wildman–Crippen MR) is 72.9 cm³/mol. The van der Waals surface area contributed by atoms with Gasteiger partial charge in [0.05, 0.1) is 6.61 Å². The summed E-state index contributed by atoms with van der Waals surface area (Å²) >= 11 is 5.22. The summed E-state index contributed by atoms with van der Waals surface area (Å²) in [7, 11) is 0. The zero-order valence-electron chi connectivity index (χ0n) is 10.5. The first-order valence-electron chi connectivity index (χ1n) is 5.63. The second kappa shape index (κ2) is 5.44. The van der Waals surface area contributed by atoms with Gasteiger partial charge in [-0.2, -0.15) is 0 Å². The van der Waals surface area contributed by atoms with Crippen molar-refractivity contribution in [3.63, 3.8) is 0 Å².